The third-order valence-electron chi connectivity index (χ3n) is 2.96. The smallest absolute Gasteiger partial charge is 0.156 e. The third-order valence-corrected chi connectivity index (χ3v) is 3.81. The van der Waals surface area contributed by atoms with Crippen molar-refractivity contribution in [3.63, 3.8) is 0 Å². The van der Waals surface area contributed by atoms with E-state index in [1.54, 1.807) is 0 Å². The summed E-state index contributed by atoms with van der Waals surface area (Å²) in [6, 6.07) is 9.62. The highest BCUT2D eigenvalue weighted by molar-refractivity contribution is 7.10. The quantitative estimate of drug-likeness (QED) is 0.880. The van der Waals surface area contributed by atoms with Crippen LogP contribution in [0.15, 0.2) is 35.7 Å². The van der Waals surface area contributed by atoms with Gasteiger partial charge in [-0.1, -0.05) is 43.7 Å². The first-order chi connectivity index (χ1) is 9.20. The second-order valence-corrected chi connectivity index (χ2v) is 5.47. The molecular formula is C15H18N2OS. The monoisotopic (exact) mass is 274 g/mol. The molecule has 2 rings (SSSR count). The van der Waals surface area contributed by atoms with E-state index in [-0.39, 0.29) is 11.8 Å². The van der Waals surface area contributed by atoms with Crippen LogP contribution in [0.5, 0.6) is 0 Å². The molecular weight excluding hydrogens is 256 g/mol. The average Bonchev–Trinajstić information content (AvgIpc) is 2.88. The summed E-state index contributed by atoms with van der Waals surface area (Å²) in [5.74, 6) is 0.0795. The number of nitrogens with zero attached hydrogens (tertiary/aromatic N) is 1. The SMILES string of the molecule is CCCC(N)C(=O)Cc1nc(-c2ccccc2)cs1. The molecule has 1 unspecified atom stereocenters. The van der Waals surface area contributed by atoms with Crippen molar-refractivity contribution in [3.8, 4) is 11.3 Å². The predicted molar refractivity (Wildman–Crippen MR) is 79.1 cm³/mol. The van der Waals surface area contributed by atoms with Gasteiger partial charge in [-0.25, -0.2) is 4.98 Å². The maximum Gasteiger partial charge on any atom is 0.156 e. The first-order valence-corrected chi connectivity index (χ1v) is 7.36. The zero-order chi connectivity index (χ0) is 13.7. The van der Waals surface area contributed by atoms with Crippen LogP contribution in [0.2, 0.25) is 0 Å². The first-order valence-electron chi connectivity index (χ1n) is 6.48. The summed E-state index contributed by atoms with van der Waals surface area (Å²) < 4.78 is 0. The molecule has 1 aromatic carbocycles. The molecule has 4 heteroatoms. The summed E-state index contributed by atoms with van der Waals surface area (Å²) in [4.78, 5) is 16.4. The molecule has 1 aromatic heterocycles. The van der Waals surface area contributed by atoms with Gasteiger partial charge in [-0.2, -0.15) is 0 Å². The molecule has 3 nitrogen and oxygen atoms in total. The molecule has 0 aliphatic carbocycles. The van der Waals surface area contributed by atoms with Gasteiger partial charge in [0.05, 0.1) is 18.2 Å². The lowest BCUT2D eigenvalue weighted by Gasteiger charge is -2.06. The summed E-state index contributed by atoms with van der Waals surface area (Å²) in [5, 5.41) is 2.83. The number of ketones is 1. The van der Waals surface area contributed by atoms with Crippen LogP contribution in [0.3, 0.4) is 0 Å². The van der Waals surface area contributed by atoms with Crippen molar-refractivity contribution < 1.29 is 4.79 Å². The zero-order valence-electron chi connectivity index (χ0n) is 11.0. The second-order valence-electron chi connectivity index (χ2n) is 4.53. The number of Topliss-reactive ketones (excluding diaryl/α,β-unsaturated/α-hetero) is 1. The lowest BCUT2D eigenvalue weighted by Crippen LogP contribution is -2.31. The average molecular weight is 274 g/mol. The summed E-state index contributed by atoms with van der Waals surface area (Å²) in [6.45, 7) is 2.03. The van der Waals surface area contributed by atoms with Gasteiger partial charge >= 0.3 is 0 Å². The van der Waals surface area contributed by atoms with Gasteiger partial charge in [0.25, 0.3) is 0 Å². The van der Waals surface area contributed by atoms with Crippen molar-refractivity contribution >= 4 is 17.1 Å². The molecule has 0 aliphatic rings. The molecule has 0 aliphatic heterocycles. The molecule has 0 fully saturated rings. The Morgan fingerprint density at radius 3 is 2.79 bits per heavy atom. The second kappa shape index (κ2) is 6.59. The Morgan fingerprint density at radius 2 is 2.11 bits per heavy atom. The van der Waals surface area contributed by atoms with E-state index in [4.69, 9.17) is 5.73 Å². The van der Waals surface area contributed by atoms with Crippen LogP contribution < -0.4 is 5.73 Å². The maximum absolute atomic E-state index is 11.9. The molecule has 0 bridgehead atoms. The van der Waals surface area contributed by atoms with Gasteiger partial charge in [0, 0.05) is 10.9 Å². The fourth-order valence-corrected chi connectivity index (χ4v) is 2.70. The van der Waals surface area contributed by atoms with Crippen LogP contribution in [-0.2, 0) is 11.2 Å². The number of nitrogens with two attached hydrogens (primary N) is 1. The van der Waals surface area contributed by atoms with Gasteiger partial charge in [0.1, 0.15) is 5.01 Å². The van der Waals surface area contributed by atoms with Crippen molar-refractivity contribution in [1.82, 2.24) is 4.98 Å². The van der Waals surface area contributed by atoms with Crippen LogP contribution in [0.4, 0.5) is 0 Å². The molecule has 2 N–H and O–H groups in total. The first kappa shape index (κ1) is 13.9. The summed E-state index contributed by atoms with van der Waals surface area (Å²) >= 11 is 1.52. The largest absolute Gasteiger partial charge is 0.321 e. The third kappa shape index (κ3) is 3.72. The number of carbonyl (C=O) groups excluding carboxylic acids is 1. The van der Waals surface area contributed by atoms with E-state index in [0.717, 1.165) is 29.1 Å². The fourth-order valence-electron chi connectivity index (χ4n) is 1.89. The van der Waals surface area contributed by atoms with Crippen molar-refractivity contribution in [2.45, 2.75) is 32.2 Å². The highest BCUT2D eigenvalue weighted by Crippen LogP contribution is 2.22. The van der Waals surface area contributed by atoms with Crippen LogP contribution >= 0.6 is 11.3 Å². The van der Waals surface area contributed by atoms with E-state index in [1.165, 1.54) is 11.3 Å². The van der Waals surface area contributed by atoms with Gasteiger partial charge in [-0.3, -0.25) is 4.79 Å². The minimum absolute atomic E-state index is 0.0795. The van der Waals surface area contributed by atoms with E-state index in [2.05, 4.69) is 4.98 Å². The Labute approximate surface area is 117 Å². The minimum Gasteiger partial charge on any atom is -0.321 e. The number of thiazole rings is 1. The number of hydrogen-bond donors (Lipinski definition) is 1. The van der Waals surface area contributed by atoms with Crippen LogP contribution in [0, 0.1) is 0 Å². The number of aromatic nitrogens is 1. The van der Waals surface area contributed by atoms with Crippen LogP contribution in [-0.4, -0.2) is 16.8 Å². The van der Waals surface area contributed by atoms with Crippen LogP contribution in [0.1, 0.15) is 24.8 Å². The van der Waals surface area contributed by atoms with E-state index in [9.17, 15) is 4.79 Å². The highest BCUT2D eigenvalue weighted by Gasteiger charge is 2.15. The normalized spacial score (nSPS) is 12.3. The van der Waals surface area contributed by atoms with E-state index in [1.807, 2.05) is 42.6 Å². The predicted octanol–water partition coefficient (Wildman–Crippen LogP) is 3.05. The Kier molecular flexibility index (Phi) is 4.82. The van der Waals surface area contributed by atoms with Gasteiger partial charge in [-0.15, -0.1) is 11.3 Å². The molecule has 100 valence electrons. The Bertz CT molecular complexity index is 536. The van der Waals surface area contributed by atoms with Gasteiger partial charge in [0.2, 0.25) is 0 Å². The number of carbonyl (C=O) groups is 1. The number of hydrogen-bond acceptors (Lipinski definition) is 4. The number of rotatable bonds is 6. The van der Waals surface area contributed by atoms with Gasteiger partial charge in [0.15, 0.2) is 5.78 Å². The number of benzene rings is 1. The van der Waals surface area contributed by atoms with Gasteiger partial charge < -0.3 is 5.73 Å². The van der Waals surface area contributed by atoms with Crippen molar-refractivity contribution in [1.29, 1.82) is 0 Å². The van der Waals surface area contributed by atoms with Crippen molar-refractivity contribution in [2.75, 3.05) is 0 Å². The molecule has 0 spiro atoms. The van der Waals surface area contributed by atoms with Gasteiger partial charge in [-0.05, 0) is 6.42 Å². The topological polar surface area (TPSA) is 56.0 Å². The standard InChI is InChI=1S/C15H18N2OS/c1-2-6-12(16)14(18)9-15-17-13(10-19-15)11-7-4-3-5-8-11/h3-5,7-8,10,12H,2,6,9,16H2,1H3. The van der Waals surface area contributed by atoms with Crippen LogP contribution in [0.25, 0.3) is 11.3 Å². The molecule has 1 heterocycles. The summed E-state index contributed by atoms with van der Waals surface area (Å²) in [6.07, 6.45) is 2.02. The van der Waals surface area contributed by atoms with Crippen molar-refractivity contribution in [2.24, 2.45) is 5.73 Å². The maximum atomic E-state index is 11.9. The molecule has 0 saturated carbocycles. The Morgan fingerprint density at radius 1 is 1.37 bits per heavy atom. The summed E-state index contributed by atoms with van der Waals surface area (Å²) in [7, 11) is 0. The van der Waals surface area contributed by atoms with Crippen molar-refractivity contribution in [3.05, 3.63) is 40.7 Å². The lowest BCUT2D eigenvalue weighted by atomic mass is 10.1. The lowest BCUT2D eigenvalue weighted by molar-refractivity contribution is -0.119. The molecule has 0 radical (unpaired) electrons. The van der Waals surface area contributed by atoms with E-state index in [0.29, 0.717) is 6.42 Å². The Balaban J connectivity index is 2.04. The Hall–Kier alpha value is -1.52. The van der Waals surface area contributed by atoms with E-state index < -0.39 is 0 Å². The highest BCUT2D eigenvalue weighted by atomic mass is 32.1. The minimum atomic E-state index is -0.353. The molecule has 0 saturated heterocycles. The molecule has 1 atom stereocenters. The molecule has 2 aromatic rings. The molecule has 19 heavy (non-hydrogen) atoms. The zero-order valence-corrected chi connectivity index (χ0v) is 11.8. The van der Waals surface area contributed by atoms with E-state index >= 15 is 0 Å². The molecule has 0 amide bonds. The fraction of sp³-hybridized carbons (Fsp3) is 0.333. The summed E-state index contributed by atoms with van der Waals surface area (Å²) in [5.41, 5.74) is 7.83.